The van der Waals surface area contributed by atoms with Crippen molar-refractivity contribution in [2.24, 2.45) is 0 Å². The van der Waals surface area contributed by atoms with Gasteiger partial charge in [-0.3, -0.25) is 9.20 Å². The molecule has 1 amide bonds. The van der Waals surface area contributed by atoms with E-state index in [0.29, 0.717) is 30.7 Å². The maximum Gasteiger partial charge on any atom is 0.222 e. The summed E-state index contributed by atoms with van der Waals surface area (Å²) in [5, 5.41) is 11.5. The SMILES string of the molecule is C[C@@](O)(c1ccc(-c2nc([C@@H]3CC[C@H]4CCC(=O)N4C3)n3ccnc(N)c23)cc1)c1cccc(C2CC2)c1. The van der Waals surface area contributed by atoms with Crippen LogP contribution in [0, 0.1) is 0 Å². The molecule has 4 aromatic rings. The zero-order chi connectivity index (χ0) is 26.0. The standard InChI is InChI=1S/C31H33N5O2/c1-31(38,24-4-2-3-21(17-24)19-5-6-19)23-10-7-20(8-11-23)27-28-29(32)33-15-16-35(28)30(34-27)22-9-12-25-13-14-26(37)36(25)18-22/h2-4,7-8,10-11,15-17,19,22,25,38H,5-6,9,12-14,18H2,1H3,(H2,32,33)/t22-,25+,31-/m1/s1. The molecule has 0 spiro atoms. The van der Waals surface area contributed by atoms with Crippen LogP contribution in [-0.4, -0.2) is 42.9 Å². The first-order valence-corrected chi connectivity index (χ1v) is 13.8. The fourth-order valence-corrected chi connectivity index (χ4v) is 6.48. The second kappa shape index (κ2) is 8.67. The Bertz CT molecular complexity index is 1540. The fourth-order valence-electron chi connectivity index (χ4n) is 6.48. The van der Waals surface area contributed by atoms with Gasteiger partial charge in [0.05, 0.1) is 0 Å². The molecule has 4 heterocycles. The Morgan fingerprint density at radius 3 is 2.58 bits per heavy atom. The van der Waals surface area contributed by atoms with Gasteiger partial charge in [0, 0.05) is 42.9 Å². The van der Waals surface area contributed by atoms with Gasteiger partial charge in [0.15, 0.2) is 0 Å². The molecule has 3 fully saturated rings. The minimum Gasteiger partial charge on any atom is -0.382 e. The maximum atomic E-state index is 12.4. The third kappa shape index (κ3) is 3.79. The number of aromatic nitrogens is 3. The second-order valence-electron chi connectivity index (χ2n) is 11.4. The van der Waals surface area contributed by atoms with E-state index in [1.807, 2.05) is 49.5 Å². The first-order chi connectivity index (χ1) is 18.4. The summed E-state index contributed by atoms with van der Waals surface area (Å²) in [6.07, 6.45) is 9.72. The van der Waals surface area contributed by atoms with E-state index in [-0.39, 0.29) is 11.8 Å². The predicted molar refractivity (Wildman–Crippen MR) is 147 cm³/mol. The molecule has 2 aromatic carbocycles. The van der Waals surface area contributed by atoms with Crippen molar-refractivity contribution in [2.75, 3.05) is 12.3 Å². The summed E-state index contributed by atoms with van der Waals surface area (Å²) in [5.41, 5.74) is 10.8. The lowest BCUT2D eigenvalue weighted by Gasteiger charge is -2.34. The summed E-state index contributed by atoms with van der Waals surface area (Å²) in [6.45, 7) is 2.56. The number of anilines is 1. The molecule has 1 aliphatic carbocycles. The van der Waals surface area contributed by atoms with Crippen LogP contribution in [0.15, 0.2) is 60.9 Å². The first kappa shape index (κ1) is 23.4. The molecule has 2 aliphatic heterocycles. The van der Waals surface area contributed by atoms with Gasteiger partial charge in [-0.05, 0) is 61.6 Å². The minimum atomic E-state index is -1.10. The van der Waals surface area contributed by atoms with E-state index < -0.39 is 5.60 Å². The molecule has 0 unspecified atom stereocenters. The summed E-state index contributed by atoms with van der Waals surface area (Å²) in [4.78, 5) is 24.0. The van der Waals surface area contributed by atoms with Crippen LogP contribution in [0.3, 0.4) is 0 Å². The topological polar surface area (TPSA) is 96.8 Å². The Kier molecular flexibility index (Phi) is 5.34. The number of fused-ring (bicyclic) bond motifs is 2. The number of aliphatic hydroxyl groups is 1. The van der Waals surface area contributed by atoms with Crippen molar-refractivity contribution in [1.82, 2.24) is 19.3 Å². The second-order valence-corrected chi connectivity index (χ2v) is 11.4. The molecule has 2 aromatic heterocycles. The van der Waals surface area contributed by atoms with Crippen LogP contribution in [0.4, 0.5) is 5.82 Å². The molecule has 7 nitrogen and oxygen atoms in total. The number of rotatable bonds is 5. The van der Waals surface area contributed by atoms with Gasteiger partial charge >= 0.3 is 0 Å². The number of carbonyl (C=O) groups is 1. The molecule has 0 bridgehead atoms. The zero-order valence-electron chi connectivity index (χ0n) is 21.7. The lowest BCUT2D eigenvalue weighted by Crippen LogP contribution is -2.41. The molecule has 7 rings (SSSR count). The van der Waals surface area contributed by atoms with Crippen molar-refractivity contribution in [3.8, 4) is 11.3 Å². The molecule has 2 saturated heterocycles. The Labute approximate surface area is 222 Å². The third-order valence-corrected chi connectivity index (χ3v) is 8.91. The van der Waals surface area contributed by atoms with Gasteiger partial charge in [-0.1, -0.05) is 48.5 Å². The van der Waals surface area contributed by atoms with Gasteiger partial charge in [0.1, 0.15) is 28.5 Å². The summed E-state index contributed by atoms with van der Waals surface area (Å²) < 4.78 is 2.05. The van der Waals surface area contributed by atoms with Crippen molar-refractivity contribution >= 4 is 17.2 Å². The molecule has 194 valence electrons. The molecule has 3 atom stereocenters. The van der Waals surface area contributed by atoms with E-state index in [2.05, 4.69) is 26.4 Å². The number of piperidine rings is 1. The van der Waals surface area contributed by atoms with Gasteiger partial charge in [-0.25, -0.2) is 9.97 Å². The largest absolute Gasteiger partial charge is 0.382 e. The van der Waals surface area contributed by atoms with E-state index in [0.717, 1.165) is 53.0 Å². The Morgan fingerprint density at radius 2 is 1.79 bits per heavy atom. The van der Waals surface area contributed by atoms with Crippen LogP contribution in [0.1, 0.15) is 79.8 Å². The van der Waals surface area contributed by atoms with E-state index in [1.165, 1.54) is 18.4 Å². The Balaban J connectivity index is 1.24. The average molecular weight is 508 g/mol. The lowest BCUT2D eigenvalue weighted by atomic mass is 9.86. The smallest absolute Gasteiger partial charge is 0.222 e. The maximum absolute atomic E-state index is 12.4. The number of nitrogens with zero attached hydrogens (tertiary/aromatic N) is 4. The van der Waals surface area contributed by atoms with Gasteiger partial charge in [0.25, 0.3) is 0 Å². The molecule has 0 radical (unpaired) electrons. The highest BCUT2D eigenvalue weighted by Crippen LogP contribution is 2.42. The van der Waals surface area contributed by atoms with Crippen molar-refractivity contribution in [1.29, 1.82) is 0 Å². The highest BCUT2D eigenvalue weighted by molar-refractivity contribution is 5.85. The summed E-state index contributed by atoms with van der Waals surface area (Å²) in [6, 6.07) is 16.7. The minimum absolute atomic E-state index is 0.148. The van der Waals surface area contributed by atoms with Crippen molar-refractivity contribution < 1.29 is 9.90 Å². The van der Waals surface area contributed by atoms with Crippen LogP contribution in [0.2, 0.25) is 0 Å². The average Bonchev–Trinajstić information content (AvgIpc) is 3.63. The molecular weight excluding hydrogens is 474 g/mol. The van der Waals surface area contributed by atoms with Crippen LogP contribution in [0.25, 0.3) is 16.8 Å². The first-order valence-electron chi connectivity index (χ1n) is 13.8. The summed E-state index contributed by atoms with van der Waals surface area (Å²) in [5.74, 6) is 2.40. The van der Waals surface area contributed by atoms with Gasteiger partial charge < -0.3 is 15.7 Å². The Morgan fingerprint density at radius 1 is 1.00 bits per heavy atom. The molecule has 3 N–H and O–H groups in total. The van der Waals surface area contributed by atoms with Crippen LogP contribution in [-0.2, 0) is 10.4 Å². The summed E-state index contributed by atoms with van der Waals surface area (Å²) >= 11 is 0. The van der Waals surface area contributed by atoms with E-state index in [1.54, 1.807) is 6.20 Å². The van der Waals surface area contributed by atoms with Crippen LogP contribution >= 0.6 is 0 Å². The van der Waals surface area contributed by atoms with E-state index >= 15 is 0 Å². The number of hydrogen-bond donors (Lipinski definition) is 2. The highest BCUT2D eigenvalue weighted by atomic mass is 16.3. The number of amides is 1. The van der Waals surface area contributed by atoms with E-state index in [9.17, 15) is 9.90 Å². The molecule has 38 heavy (non-hydrogen) atoms. The molecule has 3 aliphatic rings. The van der Waals surface area contributed by atoms with Crippen LogP contribution in [0.5, 0.6) is 0 Å². The molecule has 7 heteroatoms. The quantitative estimate of drug-likeness (QED) is 0.397. The van der Waals surface area contributed by atoms with Crippen molar-refractivity contribution in [3.63, 3.8) is 0 Å². The number of nitrogens with two attached hydrogens (primary N) is 1. The third-order valence-electron chi connectivity index (χ3n) is 8.91. The number of benzene rings is 2. The fraction of sp³-hybridized carbons (Fsp3) is 0.387. The lowest BCUT2D eigenvalue weighted by molar-refractivity contribution is -0.130. The van der Waals surface area contributed by atoms with Crippen molar-refractivity contribution in [2.45, 2.75) is 68.9 Å². The number of nitrogen functional groups attached to an aromatic ring is 1. The molecular formula is C31H33N5O2. The van der Waals surface area contributed by atoms with Gasteiger partial charge in [-0.2, -0.15) is 0 Å². The highest BCUT2D eigenvalue weighted by Gasteiger charge is 2.38. The summed E-state index contributed by atoms with van der Waals surface area (Å²) in [7, 11) is 0. The predicted octanol–water partition coefficient (Wildman–Crippen LogP) is 4.98. The monoisotopic (exact) mass is 507 g/mol. The van der Waals surface area contributed by atoms with E-state index in [4.69, 9.17) is 10.7 Å². The molecule has 1 saturated carbocycles. The number of imidazole rings is 1. The van der Waals surface area contributed by atoms with Crippen molar-refractivity contribution in [3.05, 3.63) is 83.4 Å². The number of hydrogen-bond acceptors (Lipinski definition) is 5. The van der Waals surface area contributed by atoms with Crippen LogP contribution < -0.4 is 5.73 Å². The zero-order valence-corrected chi connectivity index (χ0v) is 21.7. The Hall–Kier alpha value is -3.71. The normalized spacial score (nSPS) is 23.0. The number of carbonyl (C=O) groups excluding carboxylic acids is 1. The van der Waals surface area contributed by atoms with Gasteiger partial charge in [-0.15, -0.1) is 0 Å². The van der Waals surface area contributed by atoms with Gasteiger partial charge in [0.2, 0.25) is 5.91 Å².